The van der Waals surface area contributed by atoms with Gasteiger partial charge in [0.1, 0.15) is 17.5 Å². The smallest absolute Gasteiger partial charge is 0.353 e. The van der Waals surface area contributed by atoms with E-state index in [9.17, 15) is 31.5 Å². The normalized spacial score (nSPS) is 14.6. The van der Waals surface area contributed by atoms with Crippen LogP contribution in [0.1, 0.15) is 15.9 Å². The molecule has 0 radical (unpaired) electrons. The van der Waals surface area contributed by atoms with Gasteiger partial charge >= 0.3 is 6.18 Å². The van der Waals surface area contributed by atoms with E-state index in [2.05, 4.69) is 10.3 Å². The lowest BCUT2D eigenvalue weighted by Gasteiger charge is -2.35. The summed E-state index contributed by atoms with van der Waals surface area (Å²) in [5, 5.41) is 2.29. The minimum Gasteiger partial charge on any atom is -0.353 e. The number of nitrogens with zero attached hydrogens (tertiary/aromatic N) is 3. The summed E-state index contributed by atoms with van der Waals surface area (Å²) in [7, 11) is 0. The summed E-state index contributed by atoms with van der Waals surface area (Å²) >= 11 is 0. The molecule has 1 aromatic heterocycles. The van der Waals surface area contributed by atoms with Crippen LogP contribution >= 0.6 is 0 Å². The van der Waals surface area contributed by atoms with E-state index < -0.39 is 35.2 Å². The molecule has 6 nitrogen and oxygen atoms in total. The summed E-state index contributed by atoms with van der Waals surface area (Å²) in [6.07, 6.45) is -3.70. The molecule has 1 aliphatic rings. The summed E-state index contributed by atoms with van der Waals surface area (Å²) in [6, 6.07) is 4.72. The molecule has 0 saturated carbocycles. The van der Waals surface area contributed by atoms with E-state index in [0.29, 0.717) is 25.0 Å². The lowest BCUT2D eigenvalue weighted by atomic mass is 10.2. The van der Waals surface area contributed by atoms with Gasteiger partial charge in [0.05, 0.1) is 17.7 Å². The van der Waals surface area contributed by atoms with Crippen LogP contribution in [0.2, 0.25) is 0 Å². The summed E-state index contributed by atoms with van der Waals surface area (Å²) in [6.45, 7) is 0.897. The average Bonchev–Trinajstić information content (AvgIpc) is 2.71. The van der Waals surface area contributed by atoms with Crippen molar-refractivity contribution in [1.82, 2.24) is 15.2 Å². The van der Waals surface area contributed by atoms with E-state index in [1.54, 1.807) is 4.90 Å². The summed E-state index contributed by atoms with van der Waals surface area (Å²) in [5.74, 6) is -2.72. The molecule has 1 saturated heterocycles. The van der Waals surface area contributed by atoms with E-state index in [0.717, 1.165) is 24.4 Å². The molecule has 2 aromatic rings. The minimum absolute atomic E-state index is 0.280. The molecule has 1 aliphatic heterocycles. The number of amides is 2. The van der Waals surface area contributed by atoms with Crippen molar-refractivity contribution in [2.45, 2.75) is 6.18 Å². The first-order valence-corrected chi connectivity index (χ1v) is 8.94. The lowest BCUT2D eigenvalue weighted by molar-refractivity contribution is -0.137. The first-order chi connectivity index (χ1) is 14.1. The van der Waals surface area contributed by atoms with Crippen LogP contribution in [0.5, 0.6) is 0 Å². The maximum absolute atomic E-state index is 13.6. The highest BCUT2D eigenvalue weighted by atomic mass is 19.4. The fourth-order valence-corrected chi connectivity index (χ4v) is 2.96. The second-order valence-corrected chi connectivity index (χ2v) is 6.58. The van der Waals surface area contributed by atoms with E-state index >= 15 is 0 Å². The number of rotatable bonds is 4. The molecule has 0 atom stereocenters. The lowest BCUT2D eigenvalue weighted by Crippen LogP contribution is -2.51. The van der Waals surface area contributed by atoms with Gasteiger partial charge in [0, 0.05) is 38.4 Å². The van der Waals surface area contributed by atoms with Gasteiger partial charge in [0.25, 0.3) is 5.91 Å². The Morgan fingerprint density at radius 1 is 1.03 bits per heavy atom. The van der Waals surface area contributed by atoms with Crippen LogP contribution in [-0.2, 0) is 11.0 Å². The van der Waals surface area contributed by atoms with E-state index in [1.807, 2.05) is 0 Å². The Bertz CT molecular complexity index is 926. The highest BCUT2D eigenvalue weighted by Crippen LogP contribution is 2.29. The van der Waals surface area contributed by atoms with Crippen molar-refractivity contribution >= 4 is 17.6 Å². The average molecular weight is 428 g/mol. The Labute approximate surface area is 168 Å². The van der Waals surface area contributed by atoms with Crippen molar-refractivity contribution in [1.29, 1.82) is 0 Å². The number of anilines is 1. The highest BCUT2D eigenvalue weighted by Gasteiger charge is 2.31. The third-order valence-corrected chi connectivity index (χ3v) is 4.61. The topological polar surface area (TPSA) is 65.5 Å². The number of carbonyl (C=O) groups excluding carboxylic acids is 2. The molecule has 11 heteroatoms. The van der Waals surface area contributed by atoms with Crippen LogP contribution in [0.15, 0.2) is 36.5 Å². The fourth-order valence-electron chi connectivity index (χ4n) is 2.96. The quantitative estimate of drug-likeness (QED) is 0.760. The highest BCUT2D eigenvalue weighted by molar-refractivity contribution is 5.96. The molecule has 1 aromatic carbocycles. The van der Waals surface area contributed by atoms with Gasteiger partial charge in [0.2, 0.25) is 5.91 Å². The number of pyridine rings is 1. The largest absolute Gasteiger partial charge is 0.417 e. The van der Waals surface area contributed by atoms with Gasteiger partial charge in [-0.2, -0.15) is 13.2 Å². The molecule has 0 unspecified atom stereocenters. The Balaban J connectivity index is 1.50. The van der Waals surface area contributed by atoms with E-state index in [-0.39, 0.29) is 25.2 Å². The zero-order valence-electron chi connectivity index (χ0n) is 15.5. The molecule has 0 aliphatic carbocycles. The molecule has 3 rings (SSSR count). The third kappa shape index (κ3) is 5.02. The predicted molar refractivity (Wildman–Crippen MR) is 96.7 cm³/mol. The molecule has 1 N–H and O–H groups in total. The van der Waals surface area contributed by atoms with Crippen molar-refractivity contribution in [3.05, 3.63) is 59.3 Å². The number of piperazine rings is 1. The Kier molecular flexibility index (Phi) is 6.18. The second-order valence-electron chi connectivity index (χ2n) is 6.58. The number of benzene rings is 1. The standard InChI is InChI=1S/C19H17F5N4O2/c20-13-2-3-14(15(21)9-13)18(30)26-11-17(29)28-7-5-27(6-8-28)16-4-1-12(10-25-16)19(22,23)24/h1-4,9-10H,5-8,11H2,(H,26,30). The monoisotopic (exact) mass is 428 g/mol. The van der Waals surface area contributed by atoms with Gasteiger partial charge in [-0.05, 0) is 24.3 Å². The Morgan fingerprint density at radius 3 is 2.30 bits per heavy atom. The third-order valence-electron chi connectivity index (χ3n) is 4.61. The predicted octanol–water partition coefficient (Wildman–Crippen LogP) is 2.46. The SMILES string of the molecule is O=C(NCC(=O)N1CCN(c2ccc(C(F)(F)F)cn2)CC1)c1ccc(F)cc1F. The minimum atomic E-state index is -4.46. The molecule has 0 bridgehead atoms. The van der Waals surface area contributed by atoms with E-state index in [1.165, 1.54) is 11.0 Å². The van der Waals surface area contributed by atoms with Crippen molar-refractivity contribution < 1.29 is 31.5 Å². The van der Waals surface area contributed by atoms with Crippen molar-refractivity contribution in [3.8, 4) is 0 Å². The number of hydrogen-bond acceptors (Lipinski definition) is 4. The van der Waals surface area contributed by atoms with Gasteiger partial charge < -0.3 is 15.1 Å². The van der Waals surface area contributed by atoms with Crippen LogP contribution in [-0.4, -0.2) is 54.4 Å². The van der Waals surface area contributed by atoms with Crippen LogP contribution in [0, 0.1) is 11.6 Å². The Hall–Kier alpha value is -3.24. The summed E-state index contributed by atoms with van der Waals surface area (Å²) in [5.41, 5.74) is -1.21. The molecule has 2 heterocycles. The van der Waals surface area contributed by atoms with Crippen molar-refractivity contribution in [2.75, 3.05) is 37.6 Å². The number of hydrogen-bond donors (Lipinski definition) is 1. The number of carbonyl (C=O) groups is 2. The second kappa shape index (κ2) is 8.64. The molecular weight excluding hydrogens is 411 g/mol. The number of aromatic nitrogens is 1. The zero-order chi connectivity index (χ0) is 21.9. The van der Waals surface area contributed by atoms with Crippen LogP contribution in [0.3, 0.4) is 0 Å². The fraction of sp³-hybridized carbons (Fsp3) is 0.316. The van der Waals surface area contributed by atoms with Gasteiger partial charge in [-0.3, -0.25) is 9.59 Å². The van der Waals surface area contributed by atoms with Crippen LogP contribution < -0.4 is 10.2 Å². The molecule has 30 heavy (non-hydrogen) atoms. The number of nitrogens with one attached hydrogen (secondary N) is 1. The summed E-state index contributed by atoms with van der Waals surface area (Å²) < 4.78 is 64.4. The first-order valence-electron chi connectivity index (χ1n) is 8.94. The molecular formula is C19H17F5N4O2. The maximum atomic E-state index is 13.6. The van der Waals surface area contributed by atoms with Gasteiger partial charge in [0.15, 0.2) is 0 Å². The number of alkyl halides is 3. The first kappa shape index (κ1) is 21.5. The Morgan fingerprint density at radius 2 is 1.73 bits per heavy atom. The zero-order valence-corrected chi connectivity index (χ0v) is 15.5. The van der Waals surface area contributed by atoms with Gasteiger partial charge in [-0.1, -0.05) is 0 Å². The maximum Gasteiger partial charge on any atom is 0.417 e. The molecule has 2 amide bonds. The molecule has 0 spiro atoms. The van der Waals surface area contributed by atoms with Crippen LogP contribution in [0.25, 0.3) is 0 Å². The van der Waals surface area contributed by atoms with Gasteiger partial charge in [-0.25, -0.2) is 13.8 Å². The number of halogens is 5. The van der Waals surface area contributed by atoms with Crippen molar-refractivity contribution in [2.24, 2.45) is 0 Å². The van der Waals surface area contributed by atoms with Gasteiger partial charge in [-0.15, -0.1) is 0 Å². The van der Waals surface area contributed by atoms with Crippen LogP contribution in [0.4, 0.5) is 27.8 Å². The molecule has 1 fully saturated rings. The summed E-state index contributed by atoms with van der Waals surface area (Å²) in [4.78, 5) is 31.3. The molecule has 160 valence electrons. The van der Waals surface area contributed by atoms with Crippen molar-refractivity contribution in [3.63, 3.8) is 0 Å². The van der Waals surface area contributed by atoms with E-state index in [4.69, 9.17) is 0 Å².